The van der Waals surface area contributed by atoms with Crippen LogP contribution < -0.4 is 0 Å². The topological polar surface area (TPSA) is 60.8 Å². The van der Waals surface area contributed by atoms with E-state index in [1.165, 1.54) is 0 Å². The highest BCUT2D eigenvalue weighted by molar-refractivity contribution is 5.69. The molecule has 13 heavy (non-hydrogen) atoms. The molecular formula is C9H17NO3. The monoisotopic (exact) mass is 187 g/mol. The lowest BCUT2D eigenvalue weighted by atomic mass is 9.92. The number of hydrogen-bond acceptors (Lipinski definition) is 3. The molecule has 1 saturated heterocycles. The Bertz CT molecular complexity index is 174. The van der Waals surface area contributed by atoms with Crippen LogP contribution in [0.2, 0.25) is 0 Å². The second-order valence-corrected chi connectivity index (χ2v) is 3.75. The van der Waals surface area contributed by atoms with E-state index < -0.39 is 5.97 Å². The van der Waals surface area contributed by atoms with Crippen molar-refractivity contribution < 1.29 is 15.0 Å². The van der Waals surface area contributed by atoms with Crippen LogP contribution in [0.3, 0.4) is 0 Å². The number of carboxylic acids is 1. The Kier molecular flexibility index (Phi) is 3.69. The first-order chi connectivity index (χ1) is 6.09. The molecule has 4 nitrogen and oxygen atoms in total. The van der Waals surface area contributed by atoms with Crippen LogP contribution in [0.25, 0.3) is 0 Å². The first-order valence-electron chi connectivity index (χ1n) is 4.72. The molecule has 0 aromatic carbocycles. The van der Waals surface area contributed by atoms with Crippen molar-refractivity contribution in [3.8, 4) is 0 Å². The van der Waals surface area contributed by atoms with Gasteiger partial charge in [0.2, 0.25) is 0 Å². The van der Waals surface area contributed by atoms with E-state index in [0.29, 0.717) is 5.92 Å². The van der Waals surface area contributed by atoms with Crippen molar-refractivity contribution in [1.82, 2.24) is 4.90 Å². The summed E-state index contributed by atoms with van der Waals surface area (Å²) >= 11 is 0. The quantitative estimate of drug-likeness (QED) is 0.661. The van der Waals surface area contributed by atoms with Gasteiger partial charge < -0.3 is 10.2 Å². The first kappa shape index (κ1) is 10.5. The molecule has 4 heteroatoms. The molecule has 0 saturated carbocycles. The number of aliphatic carboxylic acids is 1. The second-order valence-electron chi connectivity index (χ2n) is 3.75. The zero-order valence-electron chi connectivity index (χ0n) is 7.94. The molecular weight excluding hydrogens is 170 g/mol. The number of nitrogens with zero attached hydrogens (tertiary/aromatic N) is 1. The molecule has 76 valence electrons. The number of likely N-dealkylation sites (tertiary alicyclic amines) is 1. The van der Waals surface area contributed by atoms with Crippen LogP contribution in [0.15, 0.2) is 0 Å². The summed E-state index contributed by atoms with van der Waals surface area (Å²) in [7, 11) is 0. The normalized spacial score (nSPS) is 22.9. The number of piperidine rings is 1. The van der Waals surface area contributed by atoms with E-state index >= 15 is 0 Å². The van der Waals surface area contributed by atoms with Crippen molar-refractivity contribution in [2.45, 2.75) is 25.9 Å². The van der Waals surface area contributed by atoms with Crippen molar-refractivity contribution >= 4 is 5.97 Å². The van der Waals surface area contributed by atoms with Crippen molar-refractivity contribution in [2.24, 2.45) is 5.92 Å². The summed E-state index contributed by atoms with van der Waals surface area (Å²) < 4.78 is 0. The minimum Gasteiger partial charge on any atom is -0.480 e. The van der Waals surface area contributed by atoms with Crippen LogP contribution >= 0.6 is 0 Å². The van der Waals surface area contributed by atoms with Gasteiger partial charge in [-0.15, -0.1) is 0 Å². The third kappa shape index (κ3) is 3.32. The lowest BCUT2D eigenvalue weighted by Crippen LogP contribution is -2.39. The van der Waals surface area contributed by atoms with Gasteiger partial charge in [0.05, 0.1) is 12.6 Å². The number of carbonyl (C=O) groups is 1. The van der Waals surface area contributed by atoms with Gasteiger partial charge >= 0.3 is 5.97 Å². The number of aliphatic hydroxyl groups excluding tert-OH is 1. The molecule has 1 atom stereocenters. The van der Waals surface area contributed by atoms with E-state index in [0.717, 1.165) is 25.9 Å². The number of aliphatic hydroxyl groups is 1. The third-order valence-electron chi connectivity index (χ3n) is 2.67. The molecule has 0 radical (unpaired) electrons. The molecule has 0 aliphatic carbocycles. The smallest absolute Gasteiger partial charge is 0.317 e. The zero-order valence-corrected chi connectivity index (χ0v) is 7.94. The van der Waals surface area contributed by atoms with Gasteiger partial charge in [-0.2, -0.15) is 0 Å². The lowest BCUT2D eigenvalue weighted by Gasteiger charge is -2.32. The zero-order chi connectivity index (χ0) is 9.84. The fraction of sp³-hybridized carbons (Fsp3) is 0.889. The molecule has 1 fully saturated rings. The van der Waals surface area contributed by atoms with Gasteiger partial charge in [0.1, 0.15) is 0 Å². The number of rotatable bonds is 3. The molecule has 0 amide bonds. The molecule has 2 N–H and O–H groups in total. The largest absolute Gasteiger partial charge is 0.480 e. The summed E-state index contributed by atoms with van der Waals surface area (Å²) in [6.45, 7) is 3.52. The Hall–Kier alpha value is -0.610. The summed E-state index contributed by atoms with van der Waals surface area (Å²) in [5.74, 6) is -0.416. The van der Waals surface area contributed by atoms with Gasteiger partial charge in [0.25, 0.3) is 0 Å². The van der Waals surface area contributed by atoms with Crippen LogP contribution in [0.4, 0.5) is 0 Å². The lowest BCUT2D eigenvalue weighted by molar-refractivity contribution is -0.138. The van der Waals surface area contributed by atoms with Gasteiger partial charge in [-0.1, -0.05) is 0 Å². The summed E-state index contributed by atoms with van der Waals surface area (Å²) in [5.41, 5.74) is 0. The maximum atomic E-state index is 10.4. The van der Waals surface area contributed by atoms with Crippen molar-refractivity contribution in [3.63, 3.8) is 0 Å². The van der Waals surface area contributed by atoms with Gasteiger partial charge in [-0.25, -0.2) is 0 Å². The average Bonchev–Trinajstić information content (AvgIpc) is 2.04. The SMILES string of the molecule is C[C@H](O)C1CCN(CC(=O)O)CC1. The van der Waals surface area contributed by atoms with E-state index in [9.17, 15) is 9.90 Å². The predicted molar refractivity (Wildman–Crippen MR) is 48.5 cm³/mol. The maximum Gasteiger partial charge on any atom is 0.317 e. The molecule has 1 heterocycles. The minimum atomic E-state index is -0.768. The van der Waals surface area contributed by atoms with E-state index in [1.54, 1.807) is 6.92 Å². The Balaban J connectivity index is 2.26. The highest BCUT2D eigenvalue weighted by Crippen LogP contribution is 2.19. The second kappa shape index (κ2) is 4.58. The Labute approximate surface area is 78.2 Å². The Morgan fingerprint density at radius 3 is 2.46 bits per heavy atom. The first-order valence-corrected chi connectivity index (χ1v) is 4.72. The molecule has 0 aromatic rings. The maximum absolute atomic E-state index is 10.4. The summed E-state index contributed by atoms with van der Waals surface area (Å²) in [6, 6.07) is 0. The van der Waals surface area contributed by atoms with Crippen LogP contribution in [-0.2, 0) is 4.79 Å². The standard InChI is InChI=1S/C9H17NO3/c1-7(11)8-2-4-10(5-3-8)6-9(12)13/h7-8,11H,2-6H2,1H3,(H,12,13)/t7-/m0/s1. The molecule has 0 unspecified atom stereocenters. The van der Waals surface area contributed by atoms with Gasteiger partial charge in [-0.3, -0.25) is 9.69 Å². The number of hydrogen-bond donors (Lipinski definition) is 2. The third-order valence-corrected chi connectivity index (χ3v) is 2.67. The molecule has 1 aliphatic heterocycles. The van der Waals surface area contributed by atoms with E-state index in [-0.39, 0.29) is 12.6 Å². The van der Waals surface area contributed by atoms with Crippen LogP contribution in [-0.4, -0.2) is 46.8 Å². The van der Waals surface area contributed by atoms with Crippen LogP contribution in [0.1, 0.15) is 19.8 Å². The fourth-order valence-electron chi connectivity index (χ4n) is 1.78. The molecule has 0 bridgehead atoms. The van der Waals surface area contributed by atoms with Crippen molar-refractivity contribution in [1.29, 1.82) is 0 Å². The Morgan fingerprint density at radius 2 is 2.08 bits per heavy atom. The fourth-order valence-corrected chi connectivity index (χ4v) is 1.78. The minimum absolute atomic E-state index is 0.131. The predicted octanol–water partition coefficient (Wildman–Crippen LogP) is 0.164. The highest BCUT2D eigenvalue weighted by atomic mass is 16.4. The highest BCUT2D eigenvalue weighted by Gasteiger charge is 2.23. The van der Waals surface area contributed by atoms with Gasteiger partial charge in [0, 0.05) is 0 Å². The van der Waals surface area contributed by atoms with Gasteiger partial charge in [0.15, 0.2) is 0 Å². The van der Waals surface area contributed by atoms with Gasteiger partial charge in [-0.05, 0) is 38.8 Å². The van der Waals surface area contributed by atoms with Crippen LogP contribution in [0, 0.1) is 5.92 Å². The number of carboxylic acid groups (broad SMARTS) is 1. The molecule has 0 spiro atoms. The molecule has 1 aliphatic rings. The van der Waals surface area contributed by atoms with Crippen molar-refractivity contribution in [3.05, 3.63) is 0 Å². The summed E-state index contributed by atoms with van der Waals surface area (Å²) in [4.78, 5) is 12.3. The van der Waals surface area contributed by atoms with E-state index in [1.807, 2.05) is 4.90 Å². The Morgan fingerprint density at radius 1 is 1.54 bits per heavy atom. The van der Waals surface area contributed by atoms with Crippen LogP contribution in [0.5, 0.6) is 0 Å². The van der Waals surface area contributed by atoms with Crippen molar-refractivity contribution in [2.75, 3.05) is 19.6 Å². The molecule has 1 rings (SSSR count). The van der Waals surface area contributed by atoms with E-state index in [4.69, 9.17) is 5.11 Å². The van der Waals surface area contributed by atoms with E-state index in [2.05, 4.69) is 0 Å². The summed E-state index contributed by atoms with van der Waals surface area (Å²) in [5, 5.41) is 17.9. The molecule has 0 aromatic heterocycles. The summed E-state index contributed by atoms with van der Waals surface area (Å²) in [6.07, 6.45) is 1.56. The average molecular weight is 187 g/mol.